The summed E-state index contributed by atoms with van der Waals surface area (Å²) in [7, 11) is 4.68. The number of nitrogens with zero attached hydrogens (tertiary/aromatic N) is 1. The quantitative estimate of drug-likeness (QED) is 0.511. The summed E-state index contributed by atoms with van der Waals surface area (Å²) in [5, 5.41) is 5.87. The van der Waals surface area contributed by atoms with Crippen molar-refractivity contribution in [2.45, 2.75) is 56.8 Å². The number of amides is 1. The molecule has 2 bridgehead atoms. The third-order valence-corrected chi connectivity index (χ3v) is 7.57. The fraction of sp³-hybridized carbons (Fsp3) is 0.414. The smallest absolute Gasteiger partial charge is 0.251 e. The van der Waals surface area contributed by atoms with Crippen LogP contribution in [0.2, 0.25) is 0 Å². The topological polar surface area (TPSA) is 60.0 Å². The predicted octanol–water partition coefficient (Wildman–Crippen LogP) is 5.18. The van der Waals surface area contributed by atoms with Crippen molar-refractivity contribution in [3.8, 4) is 17.2 Å². The van der Waals surface area contributed by atoms with Gasteiger partial charge in [0.1, 0.15) is 0 Å². The standard InChI is InChI=1S/C29H34N2O4/c1-33-26-14-22(15-27(34-2)28(26)35-3)29(32)30-23-16-24-9-6-10-25(17-23)31(24)18-19-11-12-20-7-4-5-8-21(20)13-19/h4-5,7-8,11-15,23-25H,6,9-10,16-18H2,1-3H3,(H,30,32). The normalized spacial score (nSPS) is 22.0. The zero-order valence-corrected chi connectivity index (χ0v) is 20.8. The van der Waals surface area contributed by atoms with E-state index < -0.39 is 0 Å². The maximum absolute atomic E-state index is 13.2. The van der Waals surface area contributed by atoms with Gasteiger partial charge in [-0.25, -0.2) is 0 Å². The molecule has 1 N–H and O–H groups in total. The monoisotopic (exact) mass is 474 g/mol. The van der Waals surface area contributed by atoms with Gasteiger partial charge in [-0.2, -0.15) is 0 Å². The van der Waals surface area contributed by atoms with E-state index in [4.69, 9.17) is 14.2 Å². The zero-order valence-electron chi connectivity index (χ0n) is 20.8. The molecule has 3 aromatic carbocycles. The van der Waals surface area contributed by atoms with Crippen molar-refractivity contribution in [3.05, 3.63) is 65.7 Å². The van der Waals surface area contributed by atoms with E-state index in [1.165, 1.54) is 35.6 Å². The highest BCUT2D eigenvalue weighted by atomic mass is 16.5. The van der Waals surface area contributed by atoms with Gasteiger partial charge in [0.15, 0.2) is 11.5 Å². The van der Waals surface area contributed by atoms with Crippen LogP contribution in [0.5, 0.6) is 17.2 Å². The maximum Gasteiger partial charge on any atom is 0.251 e. The summed E-state index contributed by atoms with van der Waals surface area (Å²) in [6, 6.07) is 19.9. The third kappa shape index (κ3) is 4.80. The Morgan fingerprint density at radius 2 is 1.54 bits per heavy atom. The van der Waals surface area contributed by atoms with Gasteiger partial charge >= 0.3 is 0 Å². The Morgan fingerprint density at radius 3 is 2.17 bits per heavy atom. The molecule has 2 saturated heterocycles. The van der Waals surface area contributed by atoms with Crippen molar-refractivity contribution in [1.82, 2.24) is 10.2 Å². The van der Waals surface area contributed by atoms with Crippen molar-refractivity contribution in [2.24, 2.45) is 0 Å². The minimum Gasteiger partial charge on any atom is -0.493 e. The second kappa shape index (κ2) is 10.2. The number of hydrogen-bond donors (Lipinski definition) is 1. The van der Waals surface area contributed by atoms with Crippen LogP contribution < -0.4 is 19.5 Å². The molecule has 35 heavy (non-hydrogen) atoms. The number of piperidine rings is 2. The molecular formula is C29H34N2O4. The van der Waals surface area contributed by atoms with Crippen molar-refractivity contribution < 1.29 is 19.0 Å². The lowest BCUT2D eigenvalue weighted by Crippen LogP contribution is -2.56. The van der Waals surface area contributed by atoms with Gasteiger partial charge in [0, 0.05) is 30.2 Å². The van der Waals surface area contributed by atoms with Crippen LogP contribution in [0.15, 0.2) is 54.6 Å². The van der Waals surface area contributed by atoms with Gasteiger partial charge in [-0.05, 0) is 60.2 Å². The van der Waals surface area contributed by atoms with E-state index in [1.807, 2.05) is 0 Å². The number of rotatable bonds is 7. The molecule has 0 aromatic heterocycles. The molecular weight excluding hydrogens is 440 g/mol. The maximum atomic E-state index is 13.2. The van der Waals surface area contributed by atoms with Crippen LogP contribution in [0.1, 0.15) is 48.0 Å². The second-order valence-corrected chi connectivity index (χ2v) is 9.65. The van der Waals surface area contributed by atoms with Gasteiger partial charge in [-0.15, -0.1) is 0 Å². The lowest BCUT2D eigenvalue weighted by molar-refractivity contribution is 0.0177. The van der Waals surface area contributed by atoms with Gasteiger partial charge in [0.25, 0.3) is 5.91 Å². The van der Waals surface area contributed by atoms with Crippen molar-refractivity contribution in [1.29, 1.82) is 0 Å². The van der Waals surface area contributed by atoms with E-state index in [0.29, 0.717) is 34.9 Å². The Balaban J connectivity index is 1.29. The average Bonchev–Trinajstić information content (AvgIpc) is 2.88. The highest BCUT2D eigenvalue weighted by molar-refractivity contribution is 5.95. The Labute approximate surface area is 207 Å². The average molecular weight is 475 g/mol. The molecule has 2 unspecified atom stereocenters. The molecule has 0 aliphatic carbocycles. The second-order valence-electron chi connectivity index (χ2n) is 9.65. The number of ether oxygens (including phenoxy) is 3. The van der Waals surface area contributed by atoms with Gasteiger partial charge in [0.2, 0.25) is 5.75 Å². The number of carbonyl (C=O) groups excluding carboxylic acids is 1. The van der Waals surface area contributed by atoms with Crippen LogP contribution in [0.4, 0.5) is 0 Å². The number of fused-ring (bicyclic) bond motifs is 3. The van der Waals surface area contributed by atoms with Crippen molar-refractivity contribution in [3.63, 3.8) is 0 Å². The number of methoxy groups -OCH3 is 3. The van der Waals surface area contributed by atoms with Gasteiger partial charge < -0.3 is 19.5 Å². The Bertz CT molecular complexity index is 1170. The summed E-state index contributed by atoms with van der Waals surface area (Å²) in [5.41, 5.74) is 1.88. The molecule has 6 heteroatoms. The molecule has 0 spiro atoms. The van der Waals surface area contributed by atoms with E-state index in [2.05, 4.69) is 52.7 Å². The summed E-state index contributed by atoms with van der Waals surface area (Å²) in [6.07, 6.45) is 5.57. The first-order chi connectivity index (χ1) is 17.1. The fourth-order valence-corrected chi connectivity index (χ4v) is 5.88. The first kappa shape index (κ1) is 23.5. The number of carbonyl (C=O) groups is 1. The largest absolute Gasteiger partial charge is 0.493 e. The predicted molar refractivity (Wildman–Crippen MR) is 138 cm³/mol. The van der Waals surface area contributed by atoms with Crippen LogP contribution >= 0.6 is 0 Å². The summed E-state index contributed by atoms with van der Waals surface area (Å²) >= 11 is 0. The van der Waals surface area contributed by atoms with Gasteiger partial charge in [-0.3, -0.25) is 9.69 Å². The van der Waals surface area contributed by atoms with Crippen molar-refractivity contribution in [2.75, 3.05) is 21.3 Å². The summed E-state index contributed by atoms with van der Waals surface area (Å²) in [5.74, 6) is 1.36. The highest BCUT2D eigenvalue weighted by Crippen LogP contribution is 2.39. The van der Waals surface area contributed by atoms with Crippen LogP contribution in [0, 0.1) is 0 Å². The fourth-order valence-electron chi connectivity index (χ4n) is 5.88. The van der Waals surface area contributed by atoms with E-state index in [1.54, 1.807) is 33.5 Å². The molecule has 5 rings (SSSR count). The number of hydrogen-bond acceptors (Lipinski definition) is 5. The molecule has 0 saturated carbocycles. The number of nitrogens with one attached hydrogen (secondary N) is 1. The van der Waals surface area contributed by atoms with E-state index in [-0.39, 0.29) is 11.9 Å². The third-order valence-electron chi connectivity index (χ3n) is 7.57. The van der Waals surface area contributed by atoms with Gasteiger partial charge in [0.05, 0.1) is 21.3 Å². The first-order valence-electron chi connectivity index (χ1n) is 12.4. The van der Waals surface area contributed by atoms with Crippen molar-refractivity contribution >= 4 is 16.7 Å². The van der Waals surface area contributed by atoms with E-state index in [0.717, 1.165) is 19.4 Å². The Morgan fingerprint density at radius 1 is 0.886 bits per heavy atom. The molecule has 2 aliphatic rings. The molecule has 2 heterocycles. The Kier molecular flexibility index (Phi) is 6.82. The molecule has 2 fully saturated rings. The van der Waals surface area contributed by atoms with E-state index >= 15 is 0 Å². The molecule has 2 atom stereocenters. The molecule has 2 aliphatic heterocycles. The number of benzene rings is 3. The van der Waals surface area contributed by atoms with Crippen LogP contribution in [-0.2, 0) is 6.54 Å². The molecule has 1 amide bonds. The molecule has 0 radical (unpaired) electrons. The Hall–Kier alpha value is -3.25. The van der Waals surface area contributed by atoms with Crippen LogP contribution in [0.25, 0.3) is 10.8 Å². The SMILES string of the molecule is COc1cc(C(=O)NC2CC3CCCC(C2)N3Cc2ccc3ccccc3c2)cc(OC)c1OC. The minimum atomic E-state index is -0.102. The summed E-state index contributed by atoms with van der Waals surface area (Å²) in [6.45, 7) is 0.966. The van der Waals surface area contributed by atoms with Gasteiger partial charge in [-0.1, -0.05) is 42.8 Å². The molecule has 184 valence electrons. The molecule has 6 nitrogen and oxygen atoms in total. The minimum absolute atomic E-state index is 0.102. The van der Waals surface area contributed by atoms with Crippen LogP contribution in [-0.4, -0.2) is 50.3 Å². The summed E-state index contributed by atoms with van der Waals surface area (Å²) < 4.78 is 16.2. The first-order valence-corrected chi connectivity index (χ1v) is 12.4. The molecule has 3 aromatic rings. The highest BCUT2D eigenvalue weighted by Gasteiger charge is 2.38. The summed E-state index contributed by atoms with van der Waals surface area (Å²) in [4.78, 5) is 15.9. The lowest BCUT2D eigenvalue weighted by Gasteiger charge is -2.49. The van der Waals surface area contributed by atoms with E-state index in [9.17, 15) is 4.79 Å². The lowest BCUT2D eigenvalue weighted by atomic mass is 9.81. The zero-order chi connectivity index (χ0) is 24.4. The van der Waals surface area contributed by atoms with Crippen LogP contribution in [0.3, 0.4) is 0 Å².